The zero-order valence-electron chi connectivity index (χ0n) is 14.9. The predicted molar refractivity (Wildman–Crippen MR) is 113 cm³/mol. The molecule has 0 fully saturated rings. The number of hydrogen-bond acceptors (Lipinski definition) is 2. The van der Waals surface area contributed by atoms with E-state index in [1.165, 1.54) is 23.3 Å². The van der Waals surface area contributed by atoms with Crippen LogP contribution in [0.2, 0.25) is 0 Å². The van der Waals surface area contributed by atoms with Crippen molar-refractivity contribution in [3.8, 4) is 21.8 Å². The number of thiazole rings is 1. The molecule has 4 aromatic rings. The van der Waals surface area contributed by atoms with E-state index in [1.54, 1.807) is 23.5 Å². The minimum atomic E-state index is -0.232. The van der Waals surface area contributed by atoms with E-state index in [-0.39, 0.29) is 5.82 Å². The highest BCUT2D eigenvalue weighted by atomic mass is 32.1. The zero-order chi connectivity index (χ0) is 18.6. The van der Waals surface area contributed by atoms with Gasteiger partial charge in [-0.2, -0.15) is 0 Å². The molecule has 27 heavy (non-hydrogen) atoms. The Hall–Kier alpha value is -3.04. The third-order valence-electron chi connectivity index (χ3n) is 4.45. The van der Waals surface area contributed by atoms with Crippen LogP contribution in [0, 0.1) is 12.7 Å². The summed E-state index contributed by atoms with van der Waals surface area (Å²) < 4.78 is 13.1. The number of aromatic nitrogens is 1. The van der Waals surface area contributed by atoms with Crippen molar-refractivity contribution in [2.45, 2.75) is 6.92 Å². The van der Waals surface area contributed by atoms with E-state index in [4.69, 9.17) is 4.98 Å². The molecular weight excluding hydrogens is 353 g/mol. The monoisotopic (exact) mass is 371 g/mol. The molecule has 0 saturated carbocycles. The van der Waals surface area contributed by atoms with Gasteiger partial charge in [0.2, 0.25) is 0 Å². The smallest absolute Gasteiger partial charge is 0.124 e. The fraction of sp³-hybridized carbons (Fsp3) is 0.0417. The molecule has 1 nitrogen and oxygen atoms in total. The Morgan fingerprint density at radius 3 is 2.26 bits per heavy atom. The van der Waals surface area contributed by atoms with Crippen molar-refractivity contribution in [1.82, 2.24) is 4.98 Å². The van der Waals surface area contributed by atoms with Crippen molar-refractivity contribution in [1.29, 1.82) is 0 Å². The van der Waals surface area contributed by atoms with Crippen LogP contribution >= 0.6 is 11.3 Å². The van der Waals surface area contributed by atoms with Crippen molar-refractivity contribution >= 4 is 23.5 Å². The molecule has 4 rings (SSSR count). The maximum absolute atomic E-state index is 13.1. The summed E-state index contributed by atoms with van der Waals surface area (Å²) in [4.78, 5) is 4.69. The van der Waals surface area contributed by atoms with Crippen LogP contribution in [0.25, 0.3) is 34.0 Å². The molecule has 3 aromatic carbocycles. The second kappa shape index (κ2) is 7.68. The van der Waals surface area contributed by atoms with Crippen molar-refractivity contribution in [2.24, 2.45) is 0 Å². The van der Waals surface area contributed by atoms with E-state index < -0.39 is 0 Å². The lowest BCUT2D eigenvalue weighted by atomic mass is 10.1. The van der Waals surface area contributed by atoms with Crippen LogP contribution in [0.15, 0.2) is 78.2 Å². The van der Waals surface area contributed by atoms with Gasteiger partial charge in [0.15, 0.2) is 0 Å². The van der Waals surface area contributed by atoms with Gasteiger partial charge in [-0.1, -0.05) is 60.7 Å². The topological polar surface area (TPSA) is 12.9 Å². The van der Waals surface area contributed by atoms with Gasteiger partial charge in [-0.25, -0.2) is 9.37 Å². The first-order valence-corrected chi connectivity index (χ1v) is 9.63. The largest absolute Gasteiger partial charge is 0.236 e. The van der Waals surface area contributed by atoms with E-state index in [0.29, 0.717) is 0 Å². The molecule has 0 amide bonds. The number of hydrogen-bond donors (Lipinski definition) is 0. The summed E-state index contributed by atoms with van der Waals surface area (Å²) in [5, 5.41) is 2.94. The molecule has 0 atom stereocenters. The Morgan fingerprint density at radius 2 is 1.52 bits per heavy atom. The van der Waals surface area contributed by atoms with Gasteiger partial charge in [-0.3, -0.25) is 0 Å². The van der Waals surface area contributed by atoms with Gasteiger partial charge in [0, 0.05) is 16.5 Å². The second-order valence-corrected chi connectivity index (χ2v) is 7.21. The summed E-state index contributed by atoms with van der Waals surface area (Å²) in [6, 6.07) is 23.2. The number of halogens is 1. The minimum absolute atomic E-state index is 0.232. The van der Waals surface area contributed by atoms with E-state index in [0.717, 1.165) is 27.4 Å². The Morgan fingerprint density at radius 1 is 0.815 bits per heavy atom. The molecule has 132 valence electrons. The van der Waals surface area contributed by atoms with Gasteiger partial charge >= 0.3 is 0 Å². The number of benzene rings is 3. The molecule has 1 heterocycles. The highest BCUT2D eigenvalue weighted by Gasteiger charge is 2.07. The minimum Gasteiger partial charge on any atom is -0.236 e. The summed E-state index contributed by atoms with van der Waals surface area (Å²) in [6.07, 6.45) is 4.26. The van der Waals surface area contributed by atoms with Gasteiger partial charge in [0.1, 0.15) is 10.8 Å². The molecular formula is C24H18FNS. The van der Waals surface area contributed by atoms with Gasteiger partial charge in [-0.15, -0.1) is 11.3 Å². The Bertz CT molecular complexity index is 1080. The third kappa shape index (κ3) is 4.04. The van der Waals surface area contributed by atoms with Crippen LogP contribution in [0.4, 0.5) is 4.39 Å². The van der Waals surface area contributed by atoms with Crippen LogP contribution in [-0.2, 0) is 0 Å². The molecule has 0 spiro atoms. The summed E-state index contributed by atoms with van der Waals surface area (Å²) in [5.74, 6) is -0.232. The van der Waals surface area contributed by atoms with Crippen LogP contribution in [0.5, 0.6) is 0 Å². The molecule has 1 aromatic heterocycles. The second-order valence-electron chi connectivity index (χ2n) is 6.36. The fourth-order valence-electron chi connectivity index (χ4n) is 2.86. The Kier molecular flexibility index (Phi) is 4.95. The fourth-order valence-corrected chi connectivity index (χ4v) is 3.69. The summed E-state index contributed by atoms with van der Waals surface area (Å²) in [5.41, 5.74) is 6.59. The summed E-state index contributed by atoms with van der Waals surface area (Å²) in [6.45, 7) is 2.11. The number of nitrogens with zero attached hydrogens (tertiary/aromatic N) is 1. The van der Waals surface area contributed by atoms with Crippen LogP contribution < -0.4 is 0 Å². The first kappa shape index (κ1) is 17.4. The van der Waals surface area contributed by atoms with Crippen LogP contribution in [0.3, 0.4) is 0 Å². The standard InChI is InChI=1S/C24H18FNS/c1-17-4-2-3-5-19(17)9-6-18-7-10-20(11-8-18)23-16-27-24(26-23)21-12-14-22(25)15-13-21/h2-16H,1H3. The normalized spacial score (nSPS) is 11.2. The van der Waals surface area contributed by atoms with Crippen molar-refractivity contribution < 1.29 is 4.39 Å². The lowest BCUT2D eigenvalue weighted by Crippen LogP contribution is -1.81. The van der Waals surface area contributed by atoms with Gasteiger partial charge < -0.3 is 0 Å². The average Bonchev–Trinajstić information content (AvgIpc) is 3.18. The molecule has 3 heteroatoms. The molecule has 0 aliphatic heterocycles. The van der Waals surface area contributed by atoms with E-state index in [2.05, 4.69) is 67.6 Å². The van der Waals surface area contributed by atoms with Crippen molar-refractivity contribution in [3.63, 3.8) is 0 Å². The molecule has 0 N–H and O–H groups in total. The first-order chi connectivity index (χ1) is 13.2. The average molecular weight is 371 g/mol. The van der Waals surface area contributed by atoms with Gasteiger partial charge in [0.25, 0.3) is 0 Å². The summed E-state index contributed by atoms with van der Waals surface area (Å²) in [7, 11) is 0. The molecule has 0 radical (unpaired) electrons. The molecule has 0 bridgehead atoms. The SMILES string of the molecule is Cc1ccccc1C=Cc1ccc(-c2csc(-c3ccc(F)cc3)n2)cc1. The van der Waals surface area contributed by atoms with E-state index in [1.807, 2.05) is 5.38 Å². The molecule has 0 unspecified atom stereocenters. The maximum atomic E-state index is 13.1. The predicted octanol–water partition coefficient (Wildman–Crippen LogP) is 7.10. The number of rotatable bonds is 4. The van der Waals surface area contributed by atoms with E-state index >= 15 is 0 Å². The molecule has 0 saturated heterocycles. The third-order valence-corrected chi connectivity index (χ3v) is 5.34. The van der Waals surface area contributed by atoms with Crippen molar-refractivity contribution in [2.75, 3.05) is 0 Å². The lowest BCUT2D eigenvalue weighted by Gasteiger charge is -2.00. The zero-order valence-corrected chi connectivity index (χ0v) is 15.7. The Labute approximate surface area is 162 Å². The molecule has 0 aliphatic rings. The van der Waals surface area contributed by atoms with Gasteiger partial charge in [-0.05, 0) is 47.9 Å². The first-order valence-electron chi connectivity index (χ1n) is 8.75. The highest BCUT2D eigenvalue weighted by Crippen LogP contribution is 2.29. The lowest BCUT2D eigenvalue weighted by molar-refractivity contribution is 0.628. The quantitative estimate of drug-likeness (QED) is 0.349. The van der Waals surface area contributed by atoms with Gasteiger partial charge in [0.05, 0.1) is 5.69 Å². The molecule has 0 aliphatic carbocycles. The highest BCUT2D eigenvalue weighted by molar-refractivity contribution is 7.13. The Balaban J connectivity index is 1.53. The van der Waals surface area contributed by atoms with Crippen molar-refractivity contribution in [3.05, 3.63) is 101 Å². The van der Waals surface area contributed by atoms with Crippen LogP contribution in [-0.4, -0.2) is 4.98 Å². The van der Waals surface area contributed by atoms with Crippen LogP contribution in [0.1, 0.15) is 16.7 Å². The van der Waals surface area contributed by atoms with E-state index in [9.17, 15) is 4.39 Å². The maximum Gasteiger partial charge on any atom is 0.124 e. The summed E-state index contributed by atoms with van der Waals surface area (Å²) >= 11 is 1.57. The number of aryl methyl sites for hydroxylation is 1.